The Labute approximate surface area is 169 Å². The Kier molecular flexibility index (Phi) is 5.07. The van der Waals surface area contributed by atoms with Gasteiger partial charge < -0.3 is 4.90 Å². The van der Waals surface area contributed by atoms with Crippen molar-refractivity contribution in [2.45, 2.75) is 31.7 Å². The van der Waals surface area contributed by atoms with E-state index in [1.165, 1.54) is 19.8 Å². The summed E-state index contributed by atoms with van der Waals surface area (Å²) < 4.78 is 27.8. The van der Waals surface area contributed by atoms with Gasteiger partial charge in [0.2, 0.25) is 15.9 Å². The van der Waals surface area contributed by atoms with Gasteiger partial charge in [0, 0.05) is 38.3 Å². The maximum absolute atomic E-state index is 12.8. The predicted octanol–water partition coefficient (Wildman–Crippen LogP) is 0.310. The van der Waals surface area contributed by atoms with Gasteiger partial charge in [0.25, 0.3) is 0 Å². The van der Waals surface area contributed by atoms with E-state index in [0.717, 1.165) is 24.1 Å². The molecule has 2 aromatic rings. The zero-order valence-corrected chi connectivity index (χ0v) is 17.4. The Morgan fingerprint density at radius 2 is 2.00 bits per heavy atom. The van der Waals surface area contributed by atoms with Crippen LogP contribution in [0, 0.1) is 0 Å². The molecule has 1 aromatic heterocycles. The second-order valence-electron chi connectivity index (χ2n) is 7.74. The molecule has 2 aliphatic rings. The molecule has 0 saturated carbocycles. The zero-order valence-electron chi connectivity index (χ0n) is 16.6. The SMILES string of the molecule is Cn1c(C2CCCN(S(C)(=O)=O)C2)nn(CC(=O)N2CCc3ccccc32)c1=O. The number of rotatable bonds is 4. The third kappa shape index (κ3) is 3.74. The number of para-hydroxylation sites is 1. The van der Waals surface area contributed by atoms with E-state index >= 15 is 0 Å². The van der Waals surface area contributed by atoms with Crippen LogP contribution in [0.2, 0.25) is 0 Å². The van der Waals surface area contributed by atoms with Crippen LogP contribution in [0.25, 0.3) is 0 Å². The van der Waals surface area contributed by atoms with Gasteiger partial charge in [-0.2, -0.15) is 5.10 Å². The standard InChI is InChI=1S/C19H25N5O4S/c1-21-18(15-7-5-10-22(12-15)29(2,27)28)20-24(19(21)26)13-17(25)23-11-9-14-6-3-4-8-16(14)23/h3-4,6,8,15H,5,7,9-13H2,1-2H3. The molecule has 0 N–H and O–H groups in total. The molecule has 0 aliphatic carbocycles. The molecule has 0 bridgehead atoms. The van der Waals surface area contributed by atoms with Crippen molar-refractivity contribution in [3.8, 4) is 0 Å². The van der Waals surface area contributed by atoms with E-state index in [1.807, 2.05) is 24.3 Å². The van der Waals surface area contributed by atoms with Crippen LogP contribution < -0.4 is 10.6 Å². The minimum absolute atomic E-state index is 0.135. The Morgan fingerprint density at radius 1 is 1.24 bits per heavy atom. The minimum atomic E-state index is -3.29. The maximum Gasteiger partial charge on any atom is 0.346 e. The third-order valence-corrected chi connectivity index (χ3v) is 7.04. The molecule has 1 aromatic carbocycles. The van der Waals surface area contributed by atoms with Crippen LogP contribution >= 0.6 is 0 Å². The van der Waals surface area contributed by atoms with Crippen LogP contribution in [0.5, 0.6) is 0 Å². The van der Waals surface area contributed by atoms with Crippen LogP contribution in [0.15, 0.2) is 29.1 Å². The summed E-state index contributed by atoms with van der Waals surface area (Å²) in [7, 11) is -1.67. The van der Waals surface area contributed by atoms with Crippen molar-refractivity contribution in [1.29, 1.82) is 0 Å². The summed E-state index contributed by atoms with van der Waals surface area (Å²) >= 11 is 0. The number of aromatic nitrogens is 3. The molecule has 4 rings (SSSR count). The number of nitrogens with zero attached hydrogens (tertiary/aromatic N) is 5. The monoisotopic (exact) mass is 419 g/mol. The van der Waals surface area contributed by atoms with E-state index in [0.29, 0.717) is 31.9 Å². The fourth-order valence-corrected chi connectivity index (χ4v) is 5.14. The second-order valence-corrected chi connectivity index (χ2v) is 9.72. The Hall–Kier alpha value is -2.46. The molecule has 1 fully saturated rings. The van der Waals surface area contributed by atoms with Crippen LogP contribution in [0.3, 0.4) is 0 Å². The highest BCUT2D eigenvalue weighted by atomic mass is 32.2. The molecule has 1 amide bonds. The molecule has 9 nitrogen and oxygen atoms in total. The van der Waals surface area contributed by atoms with Crippen molar-refractivity contribution in [2.24, 2.45) is 7.05 Å². The van der Waals surface area contributed by atoms with Crippen LogP contribution in [0.4, 0.5) is 5.69 Å². The minimum Gasteiger partial charge on any atom is -0.310 e. The van der Waals surface area contributed by atoms with Crippen molar-refractivity contribution in [3.63, 3.8) is 0 Å². The normalized spacial score (nSPS) is 20.1. The van der Waals surface area contributed by atoms with E-state index < -0.39 is 10.0 Å². The molecule has 1 saturated heterocycles. The van der Waals surface area contributed by atoms with Gasteiger partial charge in [0.1, 0.15) is 12.4 Å². The second kappa shape index (κ2) is 7.42. The quantitative estimate of drug-likeness (QED) is 0.711. The molecule has 156 valence electrons. The zero-order chi connectivity index (χ0) is 20.8. The fraction of sp³-hybridized carbons (Fsp3) is 0.526. The predicted molar refractivity (Wildman–Crippen MR) is 108 cm³/mol. The smallest absolute Gasteiger partial charge is 0.310 e. The van der Waals surface area contributed by atoms with E-state index in [-0.39, 0.29) is 24.1 Å². The highest BCUT2D eigenvalue weighted by Gasteiger charge is 2.31. The van der Waals surface area contributed by atoms with Crippen LogP contribution in [-0.2, 0) is 34.8 Å². The van der Waals surface area contributed by atoms with E-state index in [2.05, 4.69) is 5.10 Å². The summed E-state index contributed by atoms with van der Waals surface area (Å²) in [4.78, 5) is 27.2. The number of amides is 1. The van der Waals surface area contributed by atoms with Gasteiger partial charge in [-0.3, -0.25) is 9.36 Å². The van der Waals surface area contributed by atoms with Crippen molar-refractivity contribution in [1.82, 2.24) is 18.7 Å². The lowest BCUT2D eigenvalue weighted by Gasteiger charge is -2.30. The number of sulfonamides is 1. The number of fused-ring (bicyclic) bond motifs is 1. The molecule has 1 unspecified atom stereocenters. The lowest BCUT2D eigenvalue weighted by atomic mass is 9.99. The maximum atomic E-state index is 12.8. The average molecular weight is 420 g/mol. The van der Waals surface area contributed by atoms with Gasteiger partial charge >= 0.3 is 5.69 Å². The molecule has 2 aliphatic heterocycles. The first kappa shape index (κ1) is 19.8. The molecule has 1 atom stereocenters. The van der Waals surface area contributed by atoms with E-state index in [9.17, 15) is 18.0 Å². The summed E-state index contributed by atoms with van der Waals surface area (Å²) in [6.45, 7) is 1.25. The lowest BCUT2D eigenvalue weighted by molar-refractivity contribution is -0.119. The number of benzene rings is 1. The van der Waals surface area contributed by atoms with Gasteiger partial charge in [0.15, 0.2) is 0 Å². The Balaban J connectivity index is 1.55. The first-order chi connectivity index (χ1) is 13.8. The van der Waals surface area contributed by atoms with Crippen LogP contribution in [0.1, 0.15) is 30.1 Å². The molecule has 0 spiro atoms. The van der Waals surface area contributed by atoms with E-state index in [1.54, 1.807) is 11.9 Å². The summed E-state index contributed by atoms with van der Waals surface area (Å²) in [5.41, 5.74) is 1.65. The highest BCUT2D eigenvalue weighted by Crippen LogP contribution is 2.28. The van der Waals surface area contributed by atoms with Crippen molar-refractivity contribution in [2.75, 3.05) is 30.8 Å². The van der Waals surface area contributed by atoms with Crippen molar-refractivity contribution < 1.29 is 13.2 Å². The number of anilines is 1. The highest BCUT2D eigenvalue weighted by molar-refractivity contribution is 7.88. The Bertz CT molecular complexity index is 1100. The first-order valence-corrected chi connectivity index (χ1v) is 11.6. The number of hydrogen-bond donors (Lipinski definition) is 0. The summed E-state index contributed by atoms with van der Waals surface area (Å²) in [5.74, 6) is 0.182. The number of carbonyl (C=O) groups is 1. The number of hydrogen-bond acceptors (Lipinski definition) is 5. The molecule has 29 heavy (non-hydrogen) atoms. The lowest BCUT2D eigenvalue weighted by Crippen LogP contribution is -2.39. The van der Waals surface area contributed by atoms with Gasteiger partial charge in [-0.1, -0.05) is 18.2 Å². The topological polar surface area (TPSA) is 97.5 Å². The summed E-state index contributed by atoms with van der Waals surface area (Å²) in [5, 5.41) is 4.41. The van der Waals surface area contributed by atoms with Crippen LogP contribution in [-0.4, -0.2) is 58.9 Å². The molecular weight excluding hydrogens is 394 g/mol. The average Bonchev–Trinajstić information content (AvgIpc) is 3.24. The molecular formula is C19H25N5O4S. The summed E-state index contributed by atoms with van der Waals surface area (Å²) in [6.07, 6.45) is 3.46. The van der Waals surface area contributed by atoms with Gasteiger partial charge in [-0.05, 0) is 30.9 Å². The van der Waals surface area contributed by atoms with Gasteiger partial charge in [0.05, 0.1) is 6.26 Å². The van der Waals surface area contributed by atoms with Gasteiger partial charge in [-0.25, -0.2) is 22.2 Å². The van der Waals surface area contributed by atoms with Crippen molar-refractivity contribution >= 4 is 21.6 Å². The Morgan fingerprint density at radius 3 is 2.76 bits per heavy atom. The van der Waals surface area contributed by atoms with E-state index in [4.69, 9.17) is 0 Å². The molecule has 3 heterocycles. The molecule has 0 radical (unpaired) electrons. The third-order valence-electron chi connectivity index (χ3n) is 5.77. The number of piperidine rings is 1. The number of carbonyl (C=O) groups excluding carboxylic acids is 1. The first-order valence-electron chi connectivity index (χ1n) is 9.73. The van der Waals surface area contributed by atoms with Gasteiger partial charge in [-0.15, -0.1) is 0 Å². The molecule has 10 heteroatoms. The summed E-state index contributed by atoms with van der Waals surface area (Å²) in [6, 6.07) is 7.76. The fourth-order valence-electron chi connectivity index (χ4n) is 4.23. The van der Waals surface area contributed by atoms with Crippen molar-refractivity contribution in [3.05, 3.63) is 46.1 Å². The largest absolute Gasteiger partial charge is 0.346 e.